The molecule has 102 valence electrons. The highest BCUT2D eigenvalue weighted by molar-refractivity contribution is 5.39. The summed E-state index contributed by atoms with van der Waals surface area (Å²) in [5.41, 5.74) is 1.11. The number of rotatable bonds is 4. The molecule has 1 atom stereocenters. The summed E-state index contributed by atoms with van der Waals surface area (Å²) in [7, 11) is 3.71. The molecule has 18 heavy (non-hydrogen) atoms. The molecule has 0 aliphatic carbocycles. The van der Waals surface area contributed by atoms with Gasteiger partial charge in [-0.15, -0.1) is 0 Å². The lowest BCUT2D eigenvalue weighted by Gasteiger charge is -2.35. The van der Waals surface area contributed by atoms with Gasteiger partial charge in [0.05, 0.1) is 7.11 Å². The predicted octanol–water partition coefficient (Wildman–Crippen LogP) is 3.27. The lowest BCUT2D eigenvalue weighted by atomic mass is 9.87. The van der Waals surface area contributed by atoms with Crippen LogP contribution < -0.4 is 4.74 Å². The SMILES string of the molecule is COc1ccc(O)c(CN(C)C(C)C(C)(C)C)c1. The van der Waals surface area contributed by atoms with Crippen LogP contribution in [0.1, 0.15) is 33.3 Å². The van der Waals surface area contributed by atoms with E-state index < -0.39 is 0 Å². The largest absolute Gasteiger partial charge is 0.508 e. The number of hydrogen-bond acceptors (Lipinski definition) is 3. The van der Waals surface area contributed by atoms with Crippen molar-refractivity contribution in [3.8, 4) is 11.5 Å². The number of ether oxygens (including phenoxy) is 1. The Hall–Kier alpha value is -1.22. The first kappa shape index (κ1) is 14.8. The van der Waals surface area contributed by atoms with Crippen LogP contribution in [0.15, 0.2) is 18.2 Å². The molecular formula is C15H25NO2. The molecule has 1 N–H and O–H groups in total. The first-order valence-corrected chi connectivity index (χ1v) is 6.32. The van der Waals surface area contributed by atoms with Gasteiger partial charge in [-0.3, -0.25) is 4.90 Å². The molecule has 0 bridgehead atoms. The van der Waals surface area contributed by atoms with Gasteiger partial charge in [0.1, 0.15) is 11.5 Å². The van der Waals surface area contributed by atoms with Crippen LogP contribution in [0.2, 0.25) is 0 Å². The summed E-state index contributed by atoms with van der Waals surface area (Å²) in [5.74, 6) is 1.10. The van der Waals surface area contributed by atoms with Crippen molar-refractivity contribution in [2.75, 3.05) is 14.2 Å². The molecule has 0 aromatic heterocycles. The van der Waals surface area contributed by atoms with Gasteiger partial charge in [-0.1, -0.05) is 20.8 Å². The van der Waals surface area contributed by atoms with Crippen molar-refractivity contribution in [3.05, 3.63) is 23.8 Å². The standard InChI is InChI=1S/C15H25NO2/c1-11(15(2,3)4)16(5)10-12-9-13(18-6)7-8-14(12)17/h7-9,11,17H,10H2,1-6H3. The molecule has 0 spiro atoms. The average molecular weight is 251 g/mol. The molecule has 3 nitrogen and oxygen atoms in total. The van der Waals surface area contributed by atoms with Gasteiger partial charge >= 0.3 is 0 Å². The number of methoxy groups -OCH3 is 1. The van der Waals surface area contributed by atoms with Crippen LogP contribution in [0.3, 0.4) is 0 Å². The zero-order valence-corrected chi connectivity index (χ0v) is 12.3. The van der Waals surface area contributed by atoms with E-state index in [9.17, 15) is 5.11 Å². The Bertz CT molecular complexity index is 396. The molecule has 0 saturated heterocycles. The molecule has 0 radical (unpaired) electrons. The van der Waals surface area contributed by atoms with Gasteiger partial charge in [0.15, 0.2) is 0 Å². The Morgan fingerprint density at radius 3 is 2.44 bits per heavy atom. The second kappa shape index (κ2) is 5.61. The predicted molar refractivity (Wildman–Crippen MR) is 75.0 cm³/mol. The summed E-state index contributed by atoms with van der Waals surface area (Å²) in [6.45, 7) is 9.58. The summed E-state index contributed by atoms with van der Waals surface area (Å²) in [5, 5.41) is 9.88. The van der Waals surface area contributed by atoms with E-state index in [4.69, 9.17) is 4.74 Å². The van der Waals surface area contributed by atoms with Crippen molar-refractivity contribution in [1.29, 1.82) is 0 Å². The van der Waals surface area contributed by atoms with E-state index in [-0.39, 0.29) is 5.41 Å². The monoisotopic (exact) mass is 251 g/mol. The van der Waals surface area contributed by atoms with Crippen molar-refractivity contribution in [1.82, 2.24) is 4.90 Å². The van der Waals surface area contributed by atoms with Gasteiger partial charge in [0.25, 0.3) is 0 Å². The number of phenols is 1. The van der Waals surface area contributed by atoms with Crippen molar-refractivity contribution >= 4 is 0 Å². The van der Waals surface area contributed by atoms with Crippen LogP contribution in [-0.2, 0) is 6.54 Å². The molecular weight excluding hydrogens is 226 g/mol. The molecule has 0 aliphatic heterocycles. The van der Waals surface area contributed by atoms with Crippen LogP contribution in [0.25, 0.3) is 0 Å². The van der Waals surface area contributed by atoms with Crippen molar-refractivity contribution < 1.29 is 9.84 Å². The van der Waals surface area contributed by atoms with Crippen molar-refractivity contribution in [2.24, 2.45) is 5.41 Å². The van der Waals surface area contributed by atoms with E-state index in [1.165, 1.54) is 0 Å². The van der Waals surface area contributed by atoms with Crippen molar-refractivity contribution in [3.63, 3.8) is 0 Å². The van der Waals surface area contributed by atoms with Gasteiger partial charge in [0, 0.05) is 18.2 Å². The Balaban J connectivity index is 2.84. The fraction of sp³-hybridized carbons (Fsp3) is 0.600. The van der Waals surface area contributed by atoms with E-state index in [0.29, 0.717) is 18.3 Å². The van der Waals surface area contributed by atoms with E-state index in [0.717, 1.165) is 11.3 Å². The van der Waals surface area contributed by atoms with Crippen LogP contribution in [-0.4, -0.2) is 30.2 Å². The lowest BCUT2D eigenvalue weighted by Crippen LogP contribution is -2.38. The van der Waals surface area contributed by atoms with Crippen LogP contribution in [0.4, 0.5) is 0 Å². The van der Waals surface area contributed by atoms with Gasteiger partial charge in [-0.25, -0.2) is 0 Å². The van der Waals surface area contributed by atoms with Gasteiger partial charge in [0.2, 0.25) is 0 Å². The second-order valence-corrected chi connectivity index (χ2v) is 5.95. The fourth-order valence-electron chi connectivity index (χ4n) is 1.88. The van der Waals surface area contributed by atoms with Crippen LogP contribution in [0.5, 0.6) is 11.5 Å². The first-order chi connectivity index (χ1) is 8.25. The minimum absolute atomic E-state index is 0.212. The minimum atomic E-state index is 0.212. The Kier molecular flexibility index (Phi) is 4.63. The Labute approximate surface area is 110 Å². The normalized spacial score (nSPS) is 13.7. The summed E-state index contributed by atoms with van der Waals surface area (Å²) < 4.78 is 5.19. The van der Waals surface area contributed by atoms with Crippen LogP contribution >= 0.6 is 0 Å². The highest BCUT2D eigenvalue weighted by Crippen LogP contribution is 2.28. The zero-order chi connectivity index (χ0) is 13.9. The maximum Gasteiger partial charge on any atom is 0.120 e. The zero-order valence-electron chi connectivity index (χ0n) is 12.3. The van der Waals surface area contributed by atoms with Gasteiger partial charge in [-0.2, -0.15) is 0 Å². The summed E-state index contributed by atoms with van der Waals surface area (Å²) >= 11 is 0. The summed E-state index contributed by atoms with van der Waals surface area (Å²) in [4.78, 5) is 2.24. The lowest BCUT2D eigenvalue weighted by molar-refractivity contribution is 0.133. The van der Waals surface area contributed by atoms with E-state index >= 15 is 0 Å². The molecule has 0 heterocycles. The van der Waals surface area contributed by atoms with E-state index in [1.54, 1.807) is 19.2 Å². The Morgan fingerprint density at radius 2 is 1.94 bits per heavy atom. The molecule has 3 heteroatoms. The first-order valence-electron chi connectivity index (χ1n) is 6.32. The molecule has 0 fully saturated rings. The molecule has 1 aromatic carbocycles. The third-order valence-corrected chi connectivity index (χ3v) is 3.62. The third kappa shape index (κ3) is 3.64. The third-order valence-electron chi connectivity index (χ3n) is 3.62. The number of hydrogen-bond donors (Lipinski definition) is 1. The quantitative estimate of drug-likeness (QED) is 0.891. The van der Waals surface area contributed by atoms with Gasteiger partial charge < -0.3 is 9.84 Å². The number of nitrogens with zero attached hydrogens (tertiary/aromatic N) is 1. The van der Waals surface area contributed by atoms with E-state index in [2.05, 4.69) is 39.6 Å². The smallest absolute Gasteiger partial charge is 0.120 e. The highest BCUT2D eigenvalue weighted by atomic mass is 16.5. The minimum Gasteiger partial charge on any atom is -0.508 e. The average Bonchev–Trinajstić information content (AvgIpc) is 2.29. The molecule has 1 unspecified atom stereocenters. The number of benzene rings is 1. The van der Waals surface area contributed by atoms with Crippen LogP contribution in [0, 0.1) is 5.41 Å². The summed E-state index contributed by atoms with van der Waals surface area (Å²) in [6, 6.07) is 5.76. The fourth-order valence-corrected chi connectivity index (χ4v) is 1.88. The molecule has 1 aromatic rings. The molecule has 1 rings (SSSR count). The maximum atomic E-state index is 9.88. The van der Waals surface area contributed by atoms with E-state index in [1.807, 2.05) is 6.07 Å². The molecule has 0 aliphatic rings. The highest BCUT2D eigenvalue weighted by Gasteiger charge is 2.24. The maximum absolute atomic E-state index is 9.88. The number of phenolic OH excluding ortho intramolecular Hbond substituents is 1. The topological polar surface area (TPSA) is 32.7 Å². The second-order valence-electron chi connectivity index (χ2n) is 5.95. The molecule has 0 amide bonds. The van der Waals surface area contributed by atoms with Crippen molar-refractivity contribution in [2.45, 2.75) is 40.3 Å². The number of aromatic hydroxyl groups is 1. The Morgan fingerprint density at radius 1 is 1.33 bits per heavy atom. The molecule has 0 saturated carbocycles. The summed E-state index contributed by atoms with van der Waals surface area (Å²) in [6.07, 6.45) is 0. The van der Waals surface area contributed by atoms with Gasteiger partial charge in [-0.05, 0) is 37.6 Å².